The highest BCUT2D eigenvalue weighted by atomic mass is 32.1. The number of methoxy groups -OCH3 is 3. The Labute approximate surface area is 191 Å². The lowest BCUT2D eigenvalue weighted by molar-refractivity contribution is 0.324. The minimum absolute atomic E-state index is 0.544. The molecule has 1 N–H and O–H groups in total. The van der Waals surface area contributed by atoms with E-state index in [2.05, 4.69) is 51.9 Å². The highest BCUT2D eigenvalue weighted by Crippen LogP contribution is 2.37. The van der Waals surface area contributed by atoms with Crippen LogP contribution in [0.25, 0.3) is 22.4 Å². The largest absolute Gasteiger partial charge is 0.493 e. The number of aromatic nitrogens is 1. The van der Waals surface area contributed by atoms with E-state index in [4.69, 9.17) is 14.2 Å². The van der Waals surface area contributed by atoms with Crippen LogP contribution in [0.1, 0.15) is 5.56 Å². The Morgan fingerprint density at radius 2 is 1.44 bits per heavy atom. The van der Waals surface area contributed by atoms with Crippen LogP contribution in [0.2, 0.25) is 0 Å². The Morgan fingerprint density at radius 1 is 0.812 bits per heavy atom. The van der Waals surface area contributed by atoms with E-state index >= 15 is 0 Å². The monoisotopic (exact) mass is 445 g/mol. The molecule has 0 amide bonds. The van der Waals surface area contributed by atoms with E-state index in [1.807, 2.05) is 35.7 Å². The first kappa shape index (κ1) is 21.4. The van der Waals surface area contributed by atoms with Crippen LogP contribution >= 0.6 is 11.3 Å². The SMILES string of the molecule is COc1cc(/C=N/Nc2nc(-c3ccc(-c4ccccc4)cc3)cs2)cc(OC)c1OC. The average molecular weight is 446 g/mol. The fourth-order valence-electron chi connectivity index (χ4n) is 3.26. The molecule has 0 unspecified atom stereocenters. The molecular weight excluding hydrogens is 422 g/mol. The van der Waals surface area contributed by atoms with E-state index in [1.165, 1.54) is 22.5 Å². The van der Waals surface area contributed by atoms with Crippen molar-refractivity contribution in [3.63, 3.8) is 0 Å². The van der Waals surface area contributed by atoms with Crippen molar-refractivity contribution in [1.82, 2.24) is 4.98 Å². The number of rotatable bonds is 8. The lowest BCUT2D eigenvalue weighted by Gasteiger charge is -2.12. The van der Waals surface area contributed by atoms with Gasteiger partial charge in [-0.1, -0.05) is 54.6 Å². The molecule has 0 radical (unpaired) electrons. The van der Waals surface area contributed by atoms with E-state index in [9.17, 15) is 0 Å². The zero-order chi connectivity index (χ0) is 22.3. The molecule has 0 aliphatic rings. The van der Waals surface area contributed by atoms with E-state index in [-0.39, 0.29) is 0 Å². The molecule has 32 heavy (non-hydrogen) atoms. The third-order valence-electron chi connectivity index (χ3n) is 4.85. The van der Waals surface area contributed by atoms with Gasteiger partial charge in [0.2, 0.25) is 10.9 Å². The van der Waals surface area contributed by atoms with Crippen LogP contribution in [-0.4, -0.2) is 32.5 Å². The van der Waals surface area contributed by atoms with Crippen LogP contribution in [0, 0.1) is 0 Å². The lowest BCUT2D eigenvalue weighted by Crippen LogP contribution is -1.97. The third-order valence-corrected chi connectivity index (χ3v) is 5.60. The molecule has 0 aliphatic heterocycles. The van der Waals surface area contributed by atoms with E-state index < -0.39 is 0 Å². The van der Waals surface area contributed by atoms with Gasteiger partial charge in [0.15, 0.2) is 11.5 Å². The fourth-order valence-corrected chi connectivity index (χ4v) is 3.93. The molecule has 6 nitrogen and oxygen atoms in total. The number of nitrogens with zero attached hydrogens (tertiary/aromatic N) is 2. The standard InChI is InChI=1S/C25H23N3O3S/c1-29-22-13-17(14-23(30-2)24(22)31-3)15-26-28-25-27-21(16-32-25)20-11-9-19(10-12-20)18-7-5-4-6-8-18/h4-16H,1-3H3,(H,27,28)/b26-15+. The summed E-state index contributed by atoms with van der Waals surface area (Å²) in [4.78, 5) is 4.63. The summed E-state index contributed by atoms with van der Waals surface area (Å²) in [5.41, 5.74) is 8.13. The Balaban J connectivity index is 1.45. The second-order valence-corrected chi connectivity index (χ2v) is 7.67. The second kappa shape index (κ2) is 9.98. The van der Waals surface area contributed by atoms with Gasteiger partial charge in [-0.3, -0.25) is 5.43 Å². The van der Waals surface area contributed by atoms with Crippen LogP contribution in [-0.2, 0) is 0 Å². The molecule has 1 aromatic heterocycles. The zero-order valence-electron chi connectivity index (χ0n) is 18.0. The molecule has 0 bridgehead atoms. The van der Waals surface area contributed by atoms with Gasteiger partial charge in [-0.15, -0.1) is 11.3 Å². The highest BCUT2D eigenvalue weighted by molar-refractivity contribution is 7.14. The van der Waals surface area contributed by atoms with Crippen molar-refractivity contribution in [3.05, 3.63) is 77.7 Å². The Morgan fingerprint density at radius 3 is 2.06 bits per heavy atom. The van der Waals surface area contributed by atoms with Gasteiger partial charge in [-0.25, -0.2) is 4.98 Å². The number of nitrogens with one attached hydrogen (secondary N) is 1. The summed E-state index contributed by atoms with van der Waals surface area (Å²) in [6.45, 7) is 0. The summed E-state index contributed by atoms with van der Waals surface area (Å²) < 4.78 is 16.1. The molecule has 4 aromatic rings. The summed E-state index contributed by atoms with van der Waals surface area (Å²) in [5.74, 6) is 1.69. The molecule has 0 saturated carbocycles. The van der Waals surface area contributed by atoms with Crippen LogP contribution in [0.5, 0.6) is 17.2 Å². The van der Waals surface area contributed by atoms with Crippen molar-refractivity contribution >= 4 is 22.7 Å². The van der Waals surface area contributed by atoms with Crippen molar-refractivity contribution in [2.75, 3.05) is 26.8 Å². The van der Waals surface area contributed by atoms with Crippen molar-refractivity contribution in [1.29, 1.82) is 0 Å². The van der Waals surface area contributed by atoms with Crippen LogP contribution < -0.4 is 19.6 Å². The van der Waals surface area contributed by atoms with Gasteiger partial charge in [-0.05, 0) is 23.3 Å². The number of hydrazone groups is 1. The van der Waals surface area contributed by atoms with Gasteiger partial charge in [0.1, 0.15) is 0 Å². The molecule has 7 heteroatoms. The first-order valence-corrected chi connectivity index (χ1v) is 10.8. The maximum Gasteiger partial charge on any atom is 0.203 e. The second-order valence-electron chi connectivity index (χ2n) is 6.81. The molecular formula is C25H23N3O3S. The number of anilines is 1. The molecule has 0 fully saturated rings. The molecule has 4 rings (SSSR count). The molecule has 3 aromatic carbocycles. The summed E-state index contributed by atoms with van der Waals surface area (Å²) in [6, 6.07) is 22.4. The average Bonchev–Trinajstić information content (AvgIpc) is 3.33. The lowest BCUT2D eigenvalue weighted by atomic mass is 10.0. The third kappa shape index (κ3) is 4.73. The van der Waals surface area contributed by atoms with Gasteiger partial charge < -0.3 is 14.2 Å². The number of benzene rings is 3. The maximum absolute atomic E-state index is 5.38. The molecule has 0 saturated heterocycles. The summed E-state index contributed by atoms with van der Waals surface area (Å²) in [7, 11) is 4.74. The van der Waals surface area contributed by atoms with Crippen LogP contribution in [0.4, 0.5) is 5.13 Å². The van der Waals surface area contributed by atoms with Gasteiger partial charge in [0.05, 0.1) is 33.2 Å². The van der Waals surface area contributed by atoms with Gasteiger partial charge in [-0.2, -0.15) is 5.10 Å². The fraction of sp³-hybridized carbons (Fsp3) is 0.120. The van der Waals surface area contributed by atoms with Crippen LogP contribution in [0.15, 0.2) is 77.2 Å². The number of hydrogen-bond donors (Lipinski definition) is 1. The Kier molecular flexibility index (Phi) is 6.67. The topological polar surface area (TPSA) is 65.0 Å². The summed E-state index contributed by atoms with van der Waals surface area (Å²) >= 11 is 1.50. The molecule has 0 atom stereocenters. The molecule has 162 valence electrons. The van der Waals surface area contributed by atoms with E-state index in [0.717, 1.165) is 16.8 Å². The summed E-state index contributed by atoms with van der Waals surface area (Å²) in [5, 5.41) is 7.01. The summed E-state index contributed by atoms with van der Waals surface area (Å²) in [6.07, 6.45) is 1.68. The molecule has 1 heterocycles. The van der Waals surface area contributed by atoms with Gasteiger partial charge in [0.25, 0.3) is 0 Å². The van der Waals surface area contributed by atoms with Gasteiger partial charge >= 0.3 is 0 Å². The van der Waals surface area contributed by atoms with Crippen molar-refractivity contribution < 1.29 is 14.2 Å². The predicted octanol–water partition coefficient (Wildman–Crippen LogP) is 5.95. The Hall–Kier alpha value is -3.84. The first-order valence-electron chi connectivity index (χ1n) is 9.92. The number of thiazole rings is 1. The number of ether oxygens (including phenoxy) is 3. The van der Waals surface area contributed by atoms with Crippen molar-refractivity contribution in [2.45, 2.75) is 0 Å². The maximum atomic E-state index is 5.38. The zero-order valence-corrected chi connectivity index (χ0v) is 18.8. The van der Waals surface area contributed by atoms with Crippen molar-refractivity contribution in [3.8, 4) is 39.6 Å². The molecule has 0 spiro atoms. The van der Waals surface area contributed by atoms with Crippen molar-refractivity contribution in [2.24, 2.45) is 5.10 Å². The van der Waals surface area contributed by atoms with E-state index in [0.29, 0.717) is 22.4 Å². The van der Waals surface area contributed by atoms with E-state index in [1.54, 1.807) is 27.5 Å². The normalized spacial score (nSPS) is 10.8. The predicted molar refractivity (Wildman–Crippen MR) is 130 cm³/mol. The highest BCUT2D eigenvalue weighted by Gasteiger charge is 2.12. The smallest absolute Gasteiger partial charge is 0.203 e. The Bertz CT molecular complexity index is 1180. The minimum Gasteiger partial charge on any atom is -0.493 e. The quantitative estimate of drug-likeness (QED) is 0.268. The first-order chi connectivity index (χ1) is 15.7. The van der Waals surface area contributed by atoms with Crippen LogP contribution in [0.3, 0.4) is 0 Å². The number of hydrogen-bond acceptors (Lipinski definition) is 7. The minimum atomic E-state index is 0.544. The molecule has 0 aliphatic carbocycles. The van der Waals surface area contributed by atoms with Gasteiger partial charge in [0, 0.05) is 16.5 Å².